The van der Waals surface area contributed by atoms with Crippen molar-refractivity contribution in [3.8, 4) is 5.75 Å². The maximum atomic E-state index is 6.09. The van der Waals surface area contributed by atoms with Gasteiger partial charge in [-0.05, 0) is 17.7 Å². The molecule has 0 fully saturated rings. The highest BCUT2D eigenvalue weighted by molar-refractivity contribution is 6.33. The van der Waals surface area contributed by atoms with E-state index in [1.165, 1.54) is 6.33 Å². The Kier molecular flexibility index (Phi) is 3.05. The maximum absolute atomic E-state index is 6.09. The van der Waals surface area contributed by atoms with E-state index in [0.29, 0.717) is 11.7 Å². The average molecular weight is 275 g/mol. The van der Waals surface area contributed by atoms with Crippen LogP contribution in [0.15, 0.2) is 36.8 Å². The van der Waals surface area contributed by atoms with Crippen LogP contribution in [0.25, 0.3) is 11.0 Å². The number of nitrogens with zero attached hydrogens (tertiary/aromatic N) is 4. The van der Waals surface area contributed by atoms with Crippen LogP contribution in [0.1, 0.15) is 5.56 Å². The molecule has 3 rings (SSSR count). The Morgan fingerprint density at radius 3 is 2.74 bits per heavy atom. The molecule has 5 nitrogen and oxygen atoms in total. The van der Waals surface area contributed by atoms with E-state index in [9.17, 15) is 0 Å². The van der Waals surface area contributed by atoms with Crippen molar-refractivity contribution in [2.75, 3.05) is 7.11 Å². The van der Waals surface area contributed by atoms with E-state index in [1.807, 2.05) is 24.3 Å². The molecule has 0 saturated carbocycles. The lowest BCUT2D eigenvalue weighted by Crippen LogP contribution is -2.02. The second-order valence-corrected chi connectivity index (χ2v) is 4.41. The highest BCUT2D eigenvalue weighted by Gasteiger charge is 2.09. The molecule has 0 bridgehead atoms. The number of hydrogen-bond acceptors (Lipinski definition) is 4. The lowest BCUT2D eigenvalue weighted by atomic mass is 10.2. The molecule has 0 saturated heterocycles. The number of benzene rings is 1. The van der Waals surface area contributed by atoms with E-state index in [-0.39, 0.29) is 0 Å². The van der Waals surface area contributed by atoms with Gasteiger partial charge in [0.05, 0.1) is 19.9 Å². The van der Waals surface area contributed by atoms with Gasteiger partial charge in [0.1, 0.15) is 23.1 Å². The van der Waals surface area contributed by atoms with Crippen molar-refractivity contribution in [1.29, 1.82) is 0 Å². The van der Waals surface area contributed by atoms with Crippen LogP contribution in [0.4, 0.5) is 0 Å². The van der Waals surface area contributed by atoms with Crippen LogP contribution in [-0.4, -0.2) is 26.9 Å². The summed E-state index contributed by atoms with van der Waals surface area (Å²) in [4.78, 5) is 8.12. The van der Waals surface area contributed by atoms with Gasteiger partial charge in [0, 0.05) is 0 Å². The number of rotatable bonds is 3. The topological polar surface area (TPSA) is 52.8 Å². The fourth-order valence-corrected chi connectivity index (χ4v) is 2.15. The van der Waals surface area contributed by atoms with Crippen LogP contribution in [0, 0.1) is 0 Å². The molecular weight excluding hydrogens is 264 g/mol. The van der Waals surface area contributed by atoms with Crippen molar-refractivity contribution in [2.24, 2.45) is 0 Å². The Hall–Kier alpha value is -2.14. The van der Waals surface area contributed by atoms with Crippen molar-refractivity contribution in [1.82, 2.24) is 19.7 Å². The van der Waals surface area contributed by atoms with E-state index >= 15 is 0 Å². The molecule has 1 aromatic carbocycles. The molecule has 0 N–H and O–H groups in total. The van der Waals surface area contributed by atoms with Gasteiger partial charge in [-0.3, -0.25) is 4.68 Å². The first-order valence-electron chi connectivity index (χ1n) is 5.73. The summed E-state index contributed by atoms with van der Waals surface area (Å²) in [5.41, 5.74) is 2.60. The van der Waals surface area contributed by atoms with Gasteiger partial charge in [-0.1, -0.05) is 23.7 Å². The SMILES string of the molecule is COc1ccc(Cn2ncc3ncnc(Cl)c32)cc1. The van der Waals surface area contributed by atoms with Crippen molar-refractivity contribution >= 4 is 22.6 Å². The van der Waals surface area contributed by atoms with Crippen LogP contribution in [0.5, 0.6) is 5.75 Å². The zero-order valence-corrected chi connectivity index (χ0v) is 11.0. The van der Waals surface area contributed by atoms with Gasteiger partial charge in [0.25, 0.3) is 0 Å². The highest BCUT2D eigenvalue weighted by atomic mass is 35.5. The van der Waals surface area contributed by atoms with Crippen molar-refractivity contribution in [3.63, 3.8) is 0 Å². The smallest absolute Gasteiger partial charge is 0.158 e. The van der Waals surface area contributed by atoms with Crippen molar-refractivity contribution in [2.45, 2.75) is 6.54 Å². The average Bonchev–Trinajstić information content (AvgIpc) is 2.84. The fraction of sp³-hybridized carbons (Fsp3) is 0.154. The zero-order chi connectivity index (χ0) is 13.2. The molecule has 0 aliphatic carbocycles. The van der Waals surface area contributed by atoms with E-state index in [2.05, 4.69) is 15.1 Å². The quantitative estimate of drug-likeness (QED) is 0.689. The summed E-state index contributed by atoms with van der Waals surface area (Å²) in [5.74, 6) is 0.829. The fourth-order valence-electron chi connectivity index (χ4n) is 1.91. The minimum atomic E-state index is 0.413. The number of halogens is 1. The van der Waals surface area contributed by atoms with Crippen molar-refractivity contribution in [3.05, 3.63) is 47.5 Å². The number of methoxy groups -OCH3 is 1. The summed E-state index contributed by atoms with van der Waals surface area (Å²) in [6.07, 6.45) is 3.12. The van der Waals surface area contributed by atoms with Crippen LogP contribution in [0.3, 0.4) is 0 Å². The summed E-state index contributed by atoms with van der Waals surface area (Å²) in [6, 6.07) is 7.81. The second kappa shape index (κ2) is 4.85. The van der Waals surface area contributed by atoms with Crippen LogP contribution in [0.2, 0.25) is 5.15 Å². The van der Waals surface area contributed by atoms with Gasteiger partial charge in [0.2, 0.25) is 0 Å². The predicted octanol–water partition coefficient (Wildman–Crippen LogP) is 2.54. The van der Waals surface area contributed by atoms with Gasteiger partial charge in [-0.2, -0.15) is 5.10 Å². The Labute approximate surface area is 114 Å². The summed E-state index contributed by atoms with van der Waals surface area (Å²) in [6.45, 7) is 0.612. The third kappa shape index (κ3) is 2.24. The maximum Gasteiger partial charge on any atom is 0.158 e. The van der Waals surface area contributed by atoms with Gasteiger partial charge in [0.15, 0.2) is 5.15 Å². The summed E-state index contributed by atoms with van der Waals surface area (Å²) < 4.78 is 6.92. The van der Waals surface area contributed by atoms with Crippen LogP contribution >= 0.6 is 11.6 Å². The van der Waals surface area contributed by atoms with Gasteiger partial charge in [-0.15, -0.1) is 0 Å². The molecule has 0 aliphatic heterocycles. The molecule has 2 heterocycles. The summed E-state index contributed by atoms with van der Waals surface area (Å²) in [7, 11) is 1.65. The van der Waals surface area contributed by atoms with Crippen LogP contribution < -0.4 is 4.74 Å². The molecule has 19 heavy (non-hydrogen) atoms. The van der Waals surface area contributed by atoms with E-state index in [4.69, 9.17) is 16.3 Å². The minimum absolute atomic E-state index is 0.413. The molecule has 2 aromatic heterocycles. The standard InChI is InChI=1S/C13H11ClN4O/c1-19-10-4-2-9(3-5-10)7-18-12-11(6-17-18)15-8-16-13(12)14/h2-6,8H,7H2,1H3. The first-order valence-corrected chi connectivity index (χ1v) is 6.10. The third-order valence-electron chi connectivity index (χ3n) is 2.87. The highest BCUT2D eigenvalue weighted by Crippen LogP contribution is 2.20. The lowest BCUT2D eigenvalue weighted by molar-refractivity contribution is 0.414. The molecule has 96 valence electrons. The normalized spacial score (nSPS) is 10.8. The first-order chi connectivity index (χ1) is 9.28. The van der Waals surface area contributed by atoms with E-state index in [0.717, 1.165) is 22.3 Å². The third-order valence-corrected chi connectivity index (χ3v) is 3.15. The van der Waals surface area contributed by atoms with Gasteiger partial charge >= 0.3 is 0 Å². The van der Waals surface area contributed by atoms with Gasteiger partial charge < -0.3 is 4.74 Å². The Balaban J connectivity index is 1.96. The largest absolute Gasteiger partial charge is 0.497 e. The minimum Gasteiger partial charge on any atom is -0.497 e. The number of hydrogen-bond donors (Lipinski definition) is 0. The van der Waals surface area contributed by atoms with E-state index < -0.39 is 0 Å². The Bertz CT molecular complexity index is 708. The molecule has 0 radical (unpaired) electrons. The zero-order valence-electron chi connectivity index (χ0n) is 10.2. The molecule has 0 aliphatic rings. The Morgan fingerprint density at radius 2 is 2.00 bits per heavy atom. The summed E-state index contributed by atoms with van der Waals surface area (Å²) >= 11 is 6.09. The Morgan fingerprint density at radius 1 is 1.21 bits per heavy atom. The number of ether oxygens (including phenoxy) is 1. The second-order valence-electron chi connectivity index (χ2n) is 4.05. The summed E-state index contributed by atoms with van der Waals surface area (Å²) in [5, 5.41) is 4.71. The molecule has 0 spiro atoms. The van der Waals surface area contributed by atoms with Gasteiger partial charge in [-0.25, -0.2) is 9.97 Å². The number of fused-ring (bicyclic) bond motifs is 1. The molecule has 0 amide bonds. The monoisotopic (exact) mass is 274 g/mol. The molecule has 6 heteroatoms. The van der Waals surface area contributed by atoms with E-state index in [1.54, 1.807) is 18.0 Å². The van der Waals surface area contributed by atoms with Crippen LogP contribution in [-0.2, 0) is 6.54 Å². The first kappa shape index (κ1) is 11.9. The number of aromatic nitrogens is 4. The molecule has 3 aromatic rings. The lowest BCUT2D eigenvalue weighted by Gasteiger charge is -2.05. The molecule has 0 atom stereocenters. The molecular formula is C13H11ClN4O. The molecule has 0 unspecified atom stereocenters. The predicted molar refractivity (Wildman–Crippen MR) is 72.4 cm³/mol. The van der Waals surface area contributed by atoms with Crippen molar-refractivity contribution < 1.29 is 4.74 Å².